The fraction of sp³-hybridized carbons (Fsp3) is 0. The van der Waals surface area contributed by atoms with Crippen LogP contribution in [0, 0.1) is 0 Å². The molecule has 0 unspecified atom stereocenters. The first-order chi connectivity index (χ1) is 8.18. The molecular weight excluding hydrogens is 220 g/mol. The van der Waals surface area contributed by atoms with Crippen LogP contribution in [0.4, 0.5) is 0 Å². The molecule has 1 aromatic heterocycles. The molecule has 17 heavy (non-hydrogen) atoms. The Labute approximate surface area is 94.3 Å². The van der Waals surface area contributed by atoms with Crippen molar-refractivity contribution in [2.75, 3.05) is 0 Å². The van der Waals surface area contributed by atoms with E-state index in [2.05, 4.69) is 10.2 Å². The van der Waals surface area contributed by atoms with E-state index in [9.17, 15) is 14.7 Å². The lowest BCUT2D eigenvalue weighted by molar-refractivity contribution is 0.487. The van der Waals surface area contributed by atoms with E-state index in [-0.39, 0.29) is 16.5 Å². The summed E-state index contributed by atoms with van der Waals surface area (Å²) in [6.07, 6.45) is 0. The Morgan fingerprint density at radius 2 is 1.65 bits per heavy atom. The van der Waals surface area contributed by atoms with E-state index in [4.69, 9.17) is 0 Å². The molecule has 0 saturated heterocycles. The molecule has 0 bridgehead atoms. The summed E-state index contributed by atoms with van der Waals surface area (Å²) in [5.41, 5.74) is -0.941. The third-order valence-electron chi connectivity index (χ3n) is 2.78. The number of hydrogen-bond donors (Lipinski definition) is 3. The van der Waals surface area contributed by atoms with Crippen LogP contribution in [-0.4, -0.2) is 15.3 Å². The molecule has 84 valence electrons. The smallest absolute Gasteiger partial charge is 0.274 e. The van der Waals surface area contributed by atoms with Crippen LogP contribution in [0.3, 0.4) is 0 Å². The van der Waals surface area contributed by atoms with Crippen molar-refractivity contribution < 1.29 is 5.11 Å². The highest BCUT2D eigenvalue weighted by molar-refractivity contribution is 6.04. The molecule has 0 fully saturated rings. The average molecular weight is 228 g/mol. The molecular formula is C12H8N2O3. The third kappa shape index (κ3) is 1.25. The summed E-state index contributed by atoms with van der Waals surface area (Å²) in [5.74, 6) is -0.162. The van der Waals surface area contributed by atoms with E-state index in [1.54, 1.807) is 30.3 Å². The van der Waals surface area contributed by atoms with Gasteiger partial charge in [-0.1, -0.05) is 24.3 Å². The SMILES string of the molecule is O=c1[nH][nH]c(=O)c2c(O)c3ccccc3cc12. The maximum atomic E-state index is 11.6. The summed E-state index contributed by atoms with van der Waals surface area (Å²) in [5, 5.41) is 15.9. The first-order valence-corrected chi connectivity index (χ1v) is 5.04. The fourth-order valence-electron chi connectivity index (χ4n) is 1.98. The molecule has 5 nitrogen and oxygen atoms in total. The van der Waals surface area contributed by atoms with Crippen molar-refractivity contribution in [1.29, 1.82) is 0 Å². The van der Waals surface area contributed by atoms with Gasteiger partial charge in [0.25, 0.3) is 11.1 Å². The van der Waals surface area contributed by atoms with Gasteiger partial charge in [-0.2, -0.15) is 0 Å². The Morgan fingerprint density at radius 3 is 2.47 bits per heavy atom. The molecule has 3 N–H and O–H groups in total. The number of fused-ring (bicyclic) bond motifs is 2. The second kappa shape index (κ2) is 3.21. The molecule has 0 saturated carbocycles. The van der Waals surface area contributed by atoms with Crippen LogP contribution < -0.4 is 11.1 Å². The summed E-state index contributed by atoms with van der Waals surface area (Å²) in [7, 11) is 0. The molecule has 5 heteroatoms. The maximum Gasteiger partial charge on any atom is 0.274 e. The summed E-state index contributed by atoms with van der Waals surface area (Å²) < 4.78 is 0. The van der Waals surface area contributed by atoms with Crippen molar-refractivity contribution in [2.45, 2.75) is 0 Å². The number of aromatic amines is 2. The minimum absolute atomic E-state index is 0.0208. The predicted molar refractivity (Wildman–Crippen MR) is 64.4 cm³/mol. The zero-order chi connectivity index (χ0) is 12.0. The van der Waals surface area contributed by atoms with E-state index in [1.165, 1.54) is 0 Å². The fourth-order valence-corrected chi connectivity index (χ4v) is 1.98. The van der Waals surface area contributed by atoms with Gasteiger partial charge < -0.3 is 5.11 Å². The Morgan fingerprint density at radius 1 is 0.941 bits per heavy atom. The van der Waals surface area contributed by atoms with Crippen LogP contribution in [0.5, 0.6) is 5.75 Å². The Kier molecular flexibility index (Phi) is 1.82. The number of hydrogen-bond acceptors (Lipinski definition) is 3. The van der Waals surface area contributed by atoms with Crippen LogP contribution in [0.1, 0.15) is 0 Å². The molecule has 0 radical (unpaired) electrons. The molecule has 2 aromatic carbocycles. The number of benzene rings is 2. The van der Waals surface area contributed by atoms with Crippen LogP contribution in [0.2, 0.25) is 0 Å². The highest BCUT2D eigenvalue weighted by Gasteiger charge is 2.11. The number of aromatic hydroxyl groups is 1. The highest BCUT2D eigenvalue weighted by atomic mass is 16.3. The topological polar surface area (TPSA) is 86.0 Å². The molecule has 3 aromatic rings. The van der Waals surface area contributed by atoms with Crippen LogP contribution in [0.25, 0.3) is 21.5 Å². The quantitative estimate of drug-likeness (QED) is 0.503. The van der Waals surface area contributed by atoms with Crippen LogP contribution in [0.15, 0.2) is 39.9 Å². The van der Waals surface area contributed by atoms with Gasteiger partial charge >= 0.3 is 0 Å². The molecule has 0 amide bonds. The summed E-state index contributed by atoms with van der Waals surface area (Å²) in [4.78, 5) is 23.2. The second-order valence-corrected chi connectivity index (χ2v) is 3.78. The summed E-state index contributed by atoms with van der Waals surface area (Å²) in [6.45, 7) is 0. The second-order valence-electron chi connectivity index (χ2n) is 3.78. The molecule has 0 aliphatic carbocycles. The van der Waals surface area contributed by atoms with E-state index in [0.717, 1.165) is 0 Å². The van der Waals surface area contributed by atoms with Crippen molar-refractivity contribution in [3.8, 4) is 5.75 Å². The number of nitrogens with one attached hydrogen (secondary N) is 2. The average Bonchev–Trinajstić information content (AvgIpc) is 2.34. The lowest BCUT2D eigenvalue weighted by Crippen LogP contribution is -2.18. The minimum Gasteiger partial charge on any atom is -0.506 e. The van der Waals surface area contributed by atoms with E-state index in [1.807, 2.05) is 0 Å². The maximum absolute atomic E-state index is 11.6. The van der Waals surface area contributed by atoms with Gasteiger partial charge in [-0.05, 0) is 11.5 Å². The standard InChI is InChI=1S/C12H8N2O3/c15-10-7-4-2-1-3-6(7)5-8-9(10)12(17)14-13-11(8)16/h1-5,15H,(H,13,16)(H,14,17). The van der Waals surface area contributed by atoms with E-state index >= 15 is 0 Å². The summed E-state index contributed by atoms with van der Waals surface area (Å²) >= 11 is 0. The number of H-pyrrole nitrogens is 2. The van der Waals surface area contributed by atoms with Gasteiger partial charge in [-0.15, -0.1) is 0 Å². The Hall–Kier alpha value is -2.56. The largest absolute Gasteiger partial charge is 0.506 e. The molecule has 0 atom stereocenters. The third-order valence-corrected chi connectivity index (χ3v) is 2.78. The molecule has 0 spiro atoms. The first kappa shape index (κ1) is 9.65. The minimum atomic E-state index is -0.511. The lowest BCUT2D eigenvalue weighted by atomic mass is 10.0. The normalized spacial score (nSPS) is 11.1. The zero-order valence-corrected chi connectivity index (χ0v) is 8.65. The first-order valence-electron chi connectivity index (χ1n) is 5.04. The molecule has 0 aliphatic rings. The van der Waals surface area contributed by atoms with Crippen molar-refractivity contribution in [3.63, 3.8) is 0 Å². The number of rotatable bonds is 0. The highest BCUT2D eigenvalue weighted by Crippen LogP contribution is 2.29. The monoisotopic (exact) mass is 228 g/mol. The Bertz CT molecular complexity index is 846. The van der Waals surface area contributed by atoms with Crippen molar-refractivity contribution in [2.24, 2.45) is 0 Å². The number of aromatic nitrogens is 2. The molecule has 1 heterocycles. The van der Waals surface area contributed by atoms with Gasteiger partial charge in [0.1, 0.15) is 5.75 Å². The van der Waals surface area contributed by atoms with E-state index < -0.39 is 11.1 Å². The zero-order valence-electron chi connectivity index (χ0n) is 8.65. The van der Waals surface area contributed by atoms with Crippen LogP contribution >= 0.6 is 0 Å². The lowest BCUT2D eigenvalue weighted by Gasteiger charge is -2.04. The molecule has 0 aliphatic heterocycles. The Balaban J connectivity index is 2.74. The van der Waals surface area contributed by atoms with Crippen molar-refractivity contribution in [3.05, 3.63) is 51.0 Å². The van der Waals surface area contributed by atoms with Gasteiger partial charge in [-0.25, -0.2) is 0 Å². The van der Waals surface area contributed by atoms with Crippen LogP contribution in [-0.2, 0) is 0 Å². The predicted octanol–water partition coefficient (Wildman–Crippen LogP) is 1.08. The number of phenols is 1. The number of phenolic OH excluding ortho intramolecular Hbond substituents is 1. The van der Waals surface area contributed by atoms with Gasteiger partial charge in [-0.3, -0.25) is 19.8 Å². The van der Waals surface area contributed by atoms with Crippen molar-refractivity contribution >= 4 is 21.5 Å². The van der Waals surface area contributed by atoms with E-state index in [0.29, 0.717) is 10.8 Å². The molecule has 3 rings (SSSR count). The summed E-state index contributed by atoms with van der Waals surface area (Å²) in [6, 6.07) is 8.63. The van der Waals surface area contributed by atoms with Gasteiger partial charge in [0.05, 0.1) is 10.8 Å². The van der Waals surface area contributed by atoms with Gasteiger partial charge in [0.2, 0.25) is 0 Å². The van der Waals surface area contributed by atoms with Crippen molar-refractivity contribution in [1.82, 2.24) is 10.2 Å². The van der Waals surface area contributed by atoms with Gasteiger partial charge in [0.15, 0.2) is 0 Å². The van der Waals surface area contributed by atoms with Gasteiger partial charge in [0, 0.05) is 5.39 Å².